The van der Waals surface area contributed by atoms with Crippen molar-refractivity contribution in [3.05, 3.63) is 34.2 Å². The Labute approximate surface area is 157 Å². The molecule has 0 fully saturated rings. The van der Waals surface area contributed by atoms with E-state index in [1.54, 1.807) is 0 Å². The molecule has 1 aromatic heterocycles. The molecule has 0 saturated carbocycles. The number of para-hydroxylation sites is 1. The fourth-order valence-corrected chi connectivity index (χ4v) is 3.45. The average molecular weight is 365 g/mol. The molecule has 0 saturated heterocycles. The molecule has 26 heavy (non-hydrogen) atoms. The minimum Gasteiger partial charge on any atom is -0.394 e. The molecular weight excluding hydrogens is 328 g/mol. The number of imidazole rings is 1. The van der Waals surface area contributed by atoms with Crippen molar-refractivity contribution in [2.75, 3.05) is 6.61 Å². The predicted molar refractivity (Wildman–Crippen MR) is 109 cm³/mol. The lowest BCUT2D eigenvalue weighted by molar-refractivity contribution is 0.0856. The third kappa shape index (κ3) is 4.38. The SMILES string of the molecule is CC.CC.CC1(C)CCn2c(=O)n(CCCC(O)CO)c3cccc1c32. The summed E-state index contributed by atoms with van der Waals surface area (Å²) in [6, 6.07) is 6.14. The van der Waals surface area contributed by atoms with Crippen LogP contribution in [0.5, 0.6) is 0 Å². The van der Waals surface area contributed by atoms with E-state index in [4.69, 9.17) is 5.11 Å². The van der Waals surface area contributed by atoms with Crippen LogP contribution >= 0.6 is 0 Å². The molecule has 2 N–H and O–H groups in total. The summed E-state index contributed by atoms with van der Waals surface area (Å²) in [4.78, 5) is 12.7. The van der Waals surface area contributed by atoms with Crippen LogP contribution < -0.4 is 5.69 Å². The van der Waals surface area contributed by atoms with Crippen molar-refractivity contribution in [1.82, 2.24) is 9.13 Å². The number of hydrogen-bond acceptors (Lipinski definition) is 3. The van der Waals surface area contributed by atoms with E-state index in [1.807, 2.05) is 49.0 Å². The largest absolute Gasteiger partial charge is 0.394 e. The van der Waals surface area contributed by atoms with Crippen molar-refractivity contribution in [3.8, 4) is 0 Å². The summed E-state index contributed by atoms with van der Waals surface area (Å²) in [6.45, 7) is 13.6. The summed E-state index contributed by atoms with van der Waals surface area (Å²) in [6.07, 6.45) is 1.44. The summed E-state index contributed by atoms with van der Waals surface area (Å²) in [5, 5.41) is 18.3. The molecule has 1 aromatic carbocycles. The molecule has 3 rings (SSSR count). The van der Waals surface area contributed by atoms with E-state index in [9.17, 15) is 9.90 Å². The second-order valence-electron chi connectivity index (χ2n) is 6.87. The summed E-state index contributed by atoms with van der Waals surface area (Å²) in [5.41, 5.74) is 3.41. The number of rotatable bonds is 5. The fourth-order valence-electron chi connectivity index (χ4n) is 3.45. The zero-order valence-electron chi connectivity index (χ0n) is 17.2. The number of aliphatic hydroxyl groups excluding tert-OH is 2. The van der Waals surface area contributed by atoms with Crippen molar-refractivity contribution in [2.45, 2.75) is 85.4 Å². The van der Waals surface area contributed by atoms with Crippen molar-refractivity contribution in [3.63, 3.8) is 0 Å². The molecule has 2 aromatic rings. The zero-order chi connectivity index (χ0) is 19.9. The van der Waals surface area contributed by atoms with Crippen molar-refractivity contribution >= 4 is 11.0 Å². The molecule has 5 nitrogen and oxygen atoms in total. The van der Waals surface area contributed by atoms with Gasteiger partial charge in [0.1, 0.15) is 0 Å². The van der Waals surface area contributed by atoms with Gasteiger partial charge in [0, 0.05) is 13.1 Å². The highest BCUT2D eigenvalue weighted by Gasteiger charge is 2.30. The van der Waals surface area contributed by atoms with Gasteiger partial charge in [-0.3, -0.25) is 9.13 Å². The standard InChI is InChI=1S/C17H24N2O3.2C2H6/c1-17(2)8-10-19-15-13(17)6-3-7-14(15)18(16(19)22)9-4-5-12(21)11-20;2*1-2/h3,6-7,12,20-21H,4-5,8-11H2,1-2H3;2*1-2H3. The molecule has 0 radical (unpaired) electrons. The fraction of sp³-hybridized carbons (Fsp3) is 0.667. The van der Waals surface area contributed by atoms with Crippen molar-refractivity contribution in [1.29, 1.82) is 0 Å². The van der Waals surface area contributed by atoms with E-state index in [-0.39, 0.29) is 17.7 Å². The smallest absolute Gasteiger partial charge is 0.329 e. The maximum absolute atomic E-state index is 12.7. The highest BCUT2D eigenvalue weighted by atomic mass is 16.3. The Morgan fingerprint density at radius 1 is 1.19 bits per heavy atom. The second kappa shape index (κ2) is 9.93. The molecule has 1 aliphatic rings. The van der Waals surface area contributed by atoms with Crippen molar-refractivity contribution in [2.24, 2.45) is 0 Å². The average Bonchev–Trinajstić information content (AvgIpc) is 2.94. The minimum absolute atomic E-state index is 0.0384. The number of benzene rings is 1. The zero-order valence-corrected chi connectivity index (χ0v) is 17.2. The van der Waals surface area contributed by atoms with Gasteiger partial charge in [0.25, 0.3) is 0 Å². The van der Waals surface area contributed by atoms with Crippen LogP contribution in [0.1, 0.15) is 66.4 Å². The Bertz CT molecular complexity index is 744. The van der Waals surface area contributed by atoms with E-state index in [2.05, 4.69) is 19.9 Å². The van der Waals surface area contributed by atoms with Crippen LogP contribution in [0.3, 0.4) is 0 Å². The monoisotopic (exact) mass is 364 g/mol. The molecule has 1 unspecified atom stereocenters. The van der Waals surface area contributed by atoms with Crippen LogP contribution in [0.25, 0.3) is 11.0 Å². The summed E-state index contributed by atoms with van der Waals surface area (Å²) < 4.78 is 3.70. The van der Waals surface area contributed by atoms with Crippen LogP contribution in [-0.4, -0.2) is 32.1 Å². The lowest BCUT2D eigenvalue weighted by Crippen LogP contribution is -2.31. The third-order valence-corrected chi connectivity index (χ3v) is 4.86. The molecule has 148 valence electrons. The van der Waals surface area contributed by atoms with Gasteiger partial charge in [-0.05, 0) is 36.3 Å². The minimum atomic E-state index is -0.700. The Morgan fingerprint density at radius 2 is 1.85 bits per heavy atom. The lowest BCUT2D eigenvalue weighted by Gasteiger charge is -2.30. The second-order valence-corrected chi connectivity index (χ2v) is 6.87. The van der Waals surface area contributed by atoms with E-state index in [1.165, 1.54) is 5.56 Å². The highest BCUT2D eigenvalue weighted by Crippen LogP contribution is 2.36. The van der Waals surface area contributed by atoms with E-state index in [0.29, 0.717) is 19.4 Å². The Kier molecular flexibility index (Phi) is 8.57. The Balaban J connectivity index is 0.000000791. The first-order valence-corrected chi connectivity index (χ1v) is 9.97. The molecular formula is C21H36N2O3. The lowest BCUT2D eigenvalue weighted by atomic mass is 9.79. The molecule has 1 atom stereocenters. The highest BCUT2D eigenvalue weighted by molar-refractivity contribution is 5.81. The molecule has 1 aliphatic heterocycles. The van der Waals surface area contributed by atoms with E-state index < -0.39 is 6.10 Å². The van der Waals surface area contributed by atoms with Gasteiger partial charge in [0.05, 0.1) is 23.7 Å². The normalized spacial score (nSPS) is 15.5. The molecule has 5 heteroatoms. The first-order valence-electron chi connectivity index (χ1n) is 9.97. The Morgan fingerprint density at radius 3 is 2.46 bits per heavy atom. The molecule has 0 aliphatic carbocycles. The van der Waals surface area contributed by atoms with Crippen LogP contribution in [0.4, 0.5) is 0 Å². The van der Waals surface area contributed by atoms with Gasteiger partial charge in [-0.15, -0.1) is 0 Å². The van der Waals surface area contributed by atoms with Crippen LogP contribution in [0.15, 0.2) is 23.0 Å². The van der Waals surface area contributed by atoms with Gasteiger partial charge >= 0.3 is 5.69 Å². The van der Waals surface area contributed by atoms with Crippen LogP contribution in [0, 0.1) is 0 Å². The van der Waals surface area contributed by atoms with Gasteiger partial charge in [-0.25, -0.2) is 4.79 Å². The van der Waals surface area contributed by atoms with Gasteiger partial charge in [0.2, 0.25) is 0 Å². The summed E-state index contributed by atoms with van der Waals surface area (Å²) in [7, 11) is 0. The summed E-state index contributed by atoms with van der Waals surface area (Å²) in [5.74, 6) is 0. The quantitative estimate of drug-likeness (QED) is 0.850. The van der Waals surface area contributed by atoms with E-state index in [0.717, 1.165) is 24.0 Å². The molecule has 0 spiro atoms. The number of aryl methyl sites for hydroxylation is 2. The first-order chi connectivity index (χ1) is 12.5. The molecule has 0 bridgehead atoms. The van der Waals surface area contributed by atoms with E-state index >= 15 is 0 Å². The van der Waals surface area contributed by atoms with Gasteiger partial charge in [-0.2, -0.15) is 0 Å². The van der Waals surface area contributed by atoms with Crippen molar-refractivity contribution < 1.29 is 10.2 Å². The first kappa shape index (κ1) is 22.5. The van der Waals surface area contributed by atoms with Gasteiger partial charge < -0.3 is 10.2 Å². The van der Waals surface area contributed by atoms with Crippen LogP contribution in [-0.2, 0) is 18.5 Å². The maximum Gasteiger partial charge on any atom is 0.329 e. The van der Waals surface area contributed by atoms with Crippen LogP contribution in [0.2, 0.25) is 0 Å². The van der Waals surface area contributed by atoms with Gasteiger partial charge in [-0.1, -0.05) is 53.7 Å². The maximum atomic E-state index is 12.7. The summed E-state index contributed by atoms with van der Waals surface area (Å²) >= 11 is 0. The third-order valence-electron chi connectivity index (χ3n) is 4.86. The Hall–Kier alpha value is -1.59. The van der Waals surface area contributed by atoms with Gasteiger partial charge in [0.15, 0.2) is 0 Å². The predicted octanol–water partition coefficient (Wildman–Crippen LogP) is 3.67. The number of aromatic nitrogens is 2. The molecule has 2 heterocycles. The molecule has 0 amide bonds. The topological polar surface area (TPSA) is 67.4 Å². The number of aliphatic hydroxyl groups is 2. The number of hydrogen-bond donors (Lipinski definition) is 2. The number of nitrogens with zero attached hydrogens (tertiary/aromatic N) is 2.